The SMILES string of the molecule is COC(=O)C(C)(C)C1CCCS1. The summed E-state index contributed by atoms with van der Waals surface area (Å²) in [5.74, 6) is 1.10. The average molecular weight is 188 g/mol. The number of carbonyl (C=O) groups is 1. The fourth-order valence-electron chi connectivity index (χ4n) is 1.54. The zero-order valence-corrected chi connectivity index (χ0v) is 8.74. The quantitative estimate of drug-likeness (QED) is 0.621. The van der Waals surface area contributed by atoms with E-state index in [0.29, 0.717) is 5.25 Å². The largest absolute Gasteiger partial charge is 0.469 e. The molecule has 1 atom stereocenters. The van der Waals surface area contributed by atoms with E-state index in [1.165, 1.54) is 19.3 Å². The van der Waals surface area contributed by atoms with Gasteiger partial charge in [-0.1, -0.05) is 0 Å². The molecule has 12 heavy (non-hydrogen) atoms. The summed E-state index contributed by atoms with van der Waals surface area (Å²) in [7, 11) is 1.46. The molecule has 0 aromatic heterocycles. The van der Waals surface area contributed by atoms with Crippen molar-refractivity contribution < 1.29 is 9.53 Å². The first-order chi connectivity index (χ1) is 5.59. The summed E-state index contributed by atoms with van der Waals surface area (Å²) in [6.45, 7) is 3.95. The molecule has 1 unspecified atom stereocenters. The van der Waals surface area contributed by atoms with Gasteiger partial charge in [-0.3, -0.25) is 4.79 Å². The van der Waals surface area contributed by atoms with Crippen LogP contribution in [0.4, 0.5) is 0 Å². The number of hydrogen-bond acceptors (Lipinski definition) is 3. The maximum Gasteiger partial charge on any atom is 0.312 e. The molecule has 0 bridgehead atoms. The summed E-state index contributed by atoms with van der Waals surface area (Å²) in [5.41, 5.74) is -0.310. The number of carbonyl (C=O) groups excluding carboxylic acids is 1. The van der Waals surface area contributed by atoms with Crippen LogP contribution in [0.25, 0.3) is 0 Å². The molecule has 1 heterocycles. The van der Waals surface area contributed by atoms with Gasteiger partial charge in [-0.05, 0) is 32.4 Å². The van der Waals surface area contributed by atoms with Gasteiger partial charge in [0.2, 0.25) is 0 Å². The first-order valence-corrected chi connectivity index (χ1v) is 5.34. The lowest BCUT2D eigenvalue weighted by Gasteiger charge is -2.27. The van der Waals surface area contributed by atoms with E-state index in [1.807, 2.05) is 25.6 Å². The first kappa shape index (κ1) is 9.90. The highest BCUT2D eigenvalue weighted by atomic mass is 32.2. The smallest absolute Gasteiger partial charge is 0.312 e. The second-order valence-corrected chi connectivity index (χ2v) is 5.03. The minimum atomic E-state index is -0.310. The van der Waals surface area contributed by atoms with Crippen molar-refractivity contribution in [1.29, 1.82) is 0 Å². The third-order valence-corrected chi connectivity index (χ3v) is 4.20. The molecule has 0 amide bonds. The van der Waals surface area contributed by atoms with Crippen LogP contribution in [0, 0.1) is 5.41 Å². The van der Waals surface area contributed by atoms with Crippen molar-refractivity contribution in [3.05, 3.63) is 0 Å². The minimum absolute atomic E-state index is 0.0816. The third kappa shape index (κ3) is 1.76. The molecule has 2 nitrogen and oxygen atoms in total. The zero-order valence-electron chi connectivity index (χ0n) is 7.92. The predicted molar refractivity (Wildman–Crippen MR) is 51.3 cm³/mol. The molecule has 0 radical (unpaired) electrons. The van der Waals surface area contributed by atoms with Crippen molar-refractivity contribution in [2.45, 2.75) is 31.9 Å². The molecule has 0 aromatic carbocycles. The second-order valence-electron chi connectivity index (χ2n) is 3.71. The van der Waals surface area contributed by atoms with Crippen LogP contribution in [0.1, 0.15) is 26.7 Å². The Balaban J connectivity index is 2.62. The Morgan fingerprint density at radius 1 is 1.58 bits per heavy atom. The molecular formula is C9H16O2S. The topological polar surface area (TPSA) is 26.3 Å². The van der Waals surface area contributed by atoms with Crippen molar-refractivity contribution >= 4 is 17.7 Å². The highest BCUT2D eigenvalue weighted by Crippen LogP contribution is 2.40. The lowest BCUT2D eigenvalue weighted by Crippen LogP contribution is -2.34. The van der Waals surface area contributed by atoms with Gasteiger partial charge in [0.15, 0.2) is 0 Å². The van der Waals surface area contributed by atoms with Gasteiger partial charge in [0, 0.05) is 5.25 Å². The maximum absolute atomic E-state index is 11.4. The van der Waals surface area contributed by atoms with Crippen molar-refractivity contribution in [3.63, 3.8) is 0 Å². The third-order valence-electron chi connectivity index (χ3n) is 2.45. The van der Waals surface area contributed by atoms with Gasteiger partial charge in [-0.2, -0.15) is 11.8 Å². The standard InChI is InChI=1S/C9H16O2S/c1-9(2,8(10)11-3)7-5-4-6-12-7/h7H,4-6H2,1-3H3. The van der Waals surface area contributed by atoms with E-state index in [9.17, 15) is 4.79 Å². The Bertz CT molecular complexity index is 171. The van der Waals surface area contributed by atoms with Crippen LogP contribution in [0.2, 0.25) is 0 Å². The molecule has 0 saturated carbocycles. The molecule has 0 spiro atoms. The first-order valence-electron chi connectivity index (χ1n) is 4.29. The molecule has 0 aromatic rings. The van der Waals surface area contributed by atoms with Gasteiger partial charge in [-0.25, -0.2) is 0 Å². The Hall–Kier alpha value is -0.180. The summed E-state index contributed by atoms with van der Waals surface area (Å²) < 4.78 is 4.78. The maximum atomic E-state index is 11.4. The molecule has 0 aliphatic carbocycles. The van der Waals surface area contributed by atoms with E-state index in [4.69, 9.17) is 4.74 Å². The van der Waals surface area contributed by atoms with Gasteiger partial charge in [-0.15, -0.1) is 0 Å². The monoisotopic (exact) mass is 188 g/mol. The van der Waals surface area contributed by atoms with Crippen molar-refractivity contribution in [3.8, 4) is 0 Å². The van der Waals surface area contributed by atoms with E-state index in [0.717, 1.165) is 6.42 Å². The molecule has 1 fully saturated rings. The van der Waals surface area contributed by atoms with E-state index in [1.54, 1.807) is 0 Å². The summed E-state index contributed by atoms with van der Waals surface area (Å²) >= 11 is 1.89. The summed E-state index contributed by atoms with van der Waals surface area (Å²) in [5, 5.41) is 0.449. The Kier molecular flexibility index (Phi) is 3.04. The lowest BCUT2D eigenvalue weighted by molar-refractivity contribution is -0.150. The normalized spacial score (nSPS) is 24.1. The number of ether oxygens (including phenoxy) is 1. The zero-order chi connectivity index (χ0) is 9.19. The fourth-order valence-corrected chi connectivity index (χ4v) is 3.01. The number of rotatable bonds is 2. The van der Waals surface area contributed by atoms with Crippen LogP contribution >= 0.6 is 11.8 Å². The van der Waals surface area contributed by atoms with Gasteiger partial charge < -0.3 is 4.74 Å². The molecule has 3 heteroatoms. The van der Waals surface area contributed by atoms with Gasteiger partial charge >= 0.3 is 5.97 Å². The number of esters is 1. The summed E-state index contributed by atoms with van der Waals surface area (Å²) in [6, 6.07) is 0. The van der Waals surface area contributed by atoms with Crippen LogP contribution < -0.4 is 0 Å². The van der Waals surface area contributed by atoms with Gasteiger partial charge in [0.05, 0.1) is 12.5 Å². The molecule has 1 saturated heterocycles. The van der Waals surface area contributed by atoms with E-state index >= 15 is 0 Å². The summed E-state index contributed by atoms with van der Waals surface area (Å²) in [4.78, 5) is 11.4. The second kappa shape index (κ2) is 3.69. The number of methoxy groups -OCH3 is 1. The van der Waals surface area contributed by atoms with Crippen LogP contribution in [0.3, 0.4) is 0 Å². The van der Waals surface area contributed by atoms with Crippen molar-refractivity contribution in [1.82, 2.24) is 0 Å². The molecule has 1 aliphatic heterocycles. The average Bonchev–Trinajstić information content (AvgIpc) is 2.55. The van der Waals surface area contributed by atoms with E-state index in [-0.39, 0.29) is 11.4 Å². The van der Waals surface area contributed by atoms with Crippen molar-refractivity contribution in [2.24, 2.45) is 5.41 Å². The molecule has 1 aliphatic rings. The van der Waals surface area contributed by atoms with Crippen LogP contribution in [-0.2, 0) is 9.53 Å². The fraction of sp³-hybridized carbons (Fsp3) is 0.889. The highest BCUT2D eigenvalue weighted by Gasteiger charge is 2.39. The Morgan fingerprint density at radius 3 is 2.67 bits per heavy atom. The van der Waals surface area contributed by atoms with E-state index in [2.05, 4.69) is 0 Å². The van der Waals surface area contributed by atoms with Gasteiger partial charge in [0.1, 0.15) is 0 Å². The van der Waals surface area contributed by atoms with Crippen LogP contribution in [0.5, 0.6) is 0 Å². The number of hydrogen-bond donors (Lipinski definition) is 0. The molecule has 0 N–H and O–H groups in total. The van der Waals surface area contributed by atoms with Crippen LogP contribution in [-0.4, -0.2) is 24.1 Å². The molecule has 70 valence electrons. The molecular weight excluding hydrogens is 172 g/mol. The minimum Gasteiger partial charge on any atom is -0.469 e. The van der Waals surface area contributed by atoms with Crippen LogP contribution in [0.15, 0.2) is 0 Å². The van der Waals surface area contributed by atoms with Crippen molar-refractivity contribution in [2.75, 3.05) is 12.9 Å². The van der Waals surface area contributed by atoms with E-state index < -0.39 is 0 Å². The lowest BCUT2D eigenvalue weighted by atomic mass is 9.87. The summed E-state index contributed by atoms with van der Waals surface area (Å²) in [6.07, 6.45) is 2.38. The Labute approximate surface area is 78.1 Å². The Morgan fingerprint density at radius 2 is 2.25 bits per heavy atom. The number of thioether (sulfide) groups is 1. The van der Waals surface area contributed by atoms with Gasteiger partial charge in [0.25, 0.3) is 0 Å². The molecule has 1 rings (SSSR count). The highest BCUT2D eigenvalue weighted by molar-refractivity contribution is 8.00. The predicted octanol–water partition coefficient (Wildman–Crippen LogP) is 2.08.